The van der Waals surface area contributed by atoms with Crippen molar-refractivity contribution in [1.82, 2.24) is 20.2 Å². The van der Waals surface area contributed by atoms with E-state index in [0.29, 0.717) is 0 Å². The molecule has 0 aliphatic carbocycles. The van der Waals surface area contributed by atoms with Crippen LogP contribution in [0.2, 0.25) is 0 Å². The van der Waals surface area contributed by atoms with E-state index in [0.717, 1.165) is 44.2 Å². The highest BCUT2D eigenvalue weighted by Crippen LogP contribution is 2.18. The molecule has 0 spiro atoms. The van der Waals surface area contributed by atoms with Crippen molar-refractivity contribution >= 4 is 10.9 Å². The Kier molecular flexibility index (Phi) is 5.00. The minimum absolute atomic E-state index is 0.735. The lowest BCUT2D eigenvalue weighted by Crippen LogP contribution is -2.30. The second-order valence-electron chi connectivity index (χ2n) is 6.92. The van der Waals surface area contributed by atoms with Crippen LogP contribution in [0.15, 0.2) is 61.1 Å². The summed E-state index contributed by atoms with van der Waals surface area (Å²) in [7, 11) is 0. The fourth-order valence-corrected chi connectivity index (χ4v) is 3.65. The average Bonchev–Trinajstić information content (AvgIpc) is 3.15. The molecule has 1 fully saturated rings. The van der Waals surface area contributed by atoms with E-state index in [1.54, 1.807) is 0 Å². The summed E-state index contributed by atoms with van der Waals surface area (Å²) >= 11 is 0. The Morgan fingerprint density at radius 3 is 2.80 bits per heavy atom. The van der Waals surface area contributed by atoms with Gasteiger partial charge in [0.25, 0.3) is 0 Å². The third-order valence-electron chi connectivity index (χ3n) is 4.88. The maximum atomic E-state index is 4.42. The maximum absolute atomic E-state index is 4.42. The zero-order valence-corrected chi connectivity index (χ0v) is 14.4. The maximum Gasteiger partial charge on any atom is 0.0702 e. The predicted molar refractivity (Wildman–Crippen MR) is 101 cm³/mol. The van der Waals surface area contributed by atoms with Crippen molar-refractivity contribution in [1.29, 1.82) is 0 Å². The van der Waals surface area contributed by atoms with Gasteiger partial charge in [-0.25, -0.2) is 0 Å². The number of aromatic nitrogens is 2. The van der Waals surface area contributed by atoms with E-state index in [-0.39, 0.29) is 0 Å². The first-order chi connectivity index (χ1) is 12.4. The molecule has 2 aromatic heterocycles. The van der Waals surface area contributed by atoms with E-state index in [1.807, 2.05) is 30.7 Å². The van der Waals surface area contributed by atoms with Gasteiger partial charge in [-0.2, -0.15) is 0 Å². The van der Waals surface area contributed by atoms with Gasteiger partial charge in [-0.1, -0.05) is 18.2 Å². The number of nitrogens with zero attached hydrogens (tertiary/aromatic N) is 3. The highest BCUT2D eigenvalue weighted by Gasteiger charge is 2.19. The van der Waals surface area contributed by atoms with Crippen molar-refractivity contribution in [2.45, 2.75) is 19.5 Å². The lowest BCUT2D eigenvalue weighted by Gasteiger charge is -2.25. The summed E-state index contributed by atoms with van der Waals surface area (Å²) in [4.78, 5) is 11.2. The van der Waals surface area contributed by atoms with Gasteiger partial charge in [0.05, 0.1) is 5.52 Å². The molecule has 1 aliphatic heterocycles. The van der Waals surface area contributed by atoms with Gasteiger partial charge < -0.3 is 5.32 Å². The molecule has 1 atom stereocenters. The fraction of sp³-hybridized carbons (Fsp3) is 0.333. The standard InChI is InChI=1S/C21H24N4/c1-3-18(12-22-8-1)15-25(16-19-7-10-23-13-19)14-17-5-6-21-20(11-17)4-2-9-24-21/h1-6,8-9,11-12,19,23H,7,10,13-16H2. The van der Waals surface area contributed by atoms with E-state index < -0.39 is 0 Å². The molecule has 128 valence electrons. The molecular formula is C21H24N4. The van der Waals surface area contributed by atoms with Crippen LogP contribution in [0.4, 0.5) is 0 Å². The molecule has 4 heteroatoms. The van der Waals surface area contributed by atoms with Gasteiger partial charge in [-0.3, -0.25) is 14.9 Å². The number of hydrogen-bond donors (Lipinski definition) is 1. The molecule has 4 nitrogen and oxygen atoms in total. The van der Waals surface area contributed by atoms with Crippen LogP contribution in [0.25, 0.3) is 10.9 Å². The van der Waals surface area contributed by atoms with Crippen molar-refractivity contribution in [3.8, 4) is 0 Å². The van der Waals surface area contributed by atoms with Crippen LogP contribution in [0.1, 0.15) is 17.5 Å². The molecule has 0 radical (unpaired) electrons. The lowest BCUT2D eigenvalue weighted by atomic mass is 10.1. The predicted octanol–water partition coefficient (Wildman–Crippen LogP) is 3.24. The van der Waals surface area contributed by atoms with Gasteiger partial charge in [0.2, 0.25) is 0 Å². The van der Waals surface area contributed by atoms with Crippen LogP contribution in [0, 0.1) is 5.92 Å². The third kappa shape index (κ3) is 4.21. The van der Waals surface area contributed by atoms with Gasteiger partial charge in [0.15, 0.2) is 0 Å². The number of fused-ring (bicyclic) bond motifs is 1. The Morgan fingerprint density at radius 2 is 1.96 bits per heavy atom. The number of benzene rings is 1. The topological polar surface area (TPSA) is 41.1 Å². The second kappa shape index (κ2) is 7.72. The van der Waals surface area contributed by atoms with Crippen molar-refractivity contribution < 1.29 is 0 Å². The minimum atomic E-state index is 0.735. The molecule has 3 aromatic rings. The normalized spacial score (nSPS) is 17.4. The first kappa shape index (κ1) is 16.2. The van der Waals surface area contributed by atoms with E-state index in [2.05, 4.69) is 50.5 Å². The molecule has 1 aliphatic rings. The van der Waals surface area contributed by atoms with Crippen LogP contribution in [0.3, 0.4) is 0 Å². The molecule has 25 heavy (non-hydrogen) atoms. The Morgan fingerprint density at radius 1 is 1.04 bits per heavy atom. The van der Waals surface area contributed by atoms with Crippen LogP contribution < -0.4 is 5.32 Å². The Labute approximate surface area is 148 Å². The van der Waals surface area contributed by atoms with Crippen molar-refractivity contribution in [3.63, 3.8) is 0 Å². The fourth-order valence-electron chi connectivity index (χ4n) is 3.65. The number of hydrogen-bond acceptors (Lipinski definition) is 4. The third-order valence-corrected chi connectivity index (χ3v) is 4.88. The molecule has 0 amide bonds. The SMILES string of the molecule is c1cncc(CN(Cc2ccc3ncccc3c2)CC2CCNC2)c1. The van der Waals surface area contributed by atoms with Gasteiger partial charge in [-0.15, -0.1) is 0 Å². The summed E-state index contributed by atoms with van der Waals surface area (Å²) in [6, 6.07) is 14.9. The molecule has 1 saturated heterocycles. The zero-order chi connectivity index (χ0) is 16.9. The lowest BCUT2D eigenvalue weighted by molar-refractivity contribution is 0.220. The molecule has 0 saturated carbocycles. The second-order valence-corrected chi connectivity index (χ2v) is 6.92. The van der Waals surface area contributed by atoms with E-state index in [1.165, 1.54) is 22.9 Å². The minimum Gasteiger partial charge on any atom is -0.316 e. The Hall–Kier alpha value is -2.30. The summed E-state index contributed by atoms with van der Waals surface area (Å²) in [6.45, 7) is 5.29. The molecule has 0 bridgehead atoms. The van der Waals surface area contributed by atoms with E-state index in [9.17, 15) is 0 Å². The van der Waals surface area contributed by atoms with Crippen LogP contribution in [-0.2, 0) is 13.1 Å². The first-order valence-electron chi connectivity index (χ1n) is 9.02. The molecular weight excluding hydrogens is 308 g/mol. The van der Waals surface area contributed by atoms with E-state index >= 15 is 0 Å². The Balaban J connectivity index is 1.53. The molecule has 4 rings (SSSR count). The number of nitrogens with one attached hydrogen (secondary N) is 1. The Bertz CT molecular complexity index is 812. The smallest absolute Gasteiger partial charge is 0.0702 e. The van der Waals surface area contributed by atoms with Gasteiger partial charge in [0.1, 0.15) is 0 Å². The van der Waals surface area contributed by atoms with Crippen molar-refractivity contribution in [2.75, 3.05) is 19.6 Å². The molecule has 1 unspecified atom stereocenters. The van der Waals surface area contributed by atoms with Crippen LogP contribution >= 0.6 is 0 Å². The van der Waals surface area contributed by atoms with Gasteiger partial charge >= 0.3 is 0 Å². The quantitative estimate of drug-likeness (QED) is 0.752. The molecule has 1 N–H and O–H groups in total. The van der Waals surface area contributed by atoms with Gasteiger partial charge in [-0.05, 0) is 60.8 Å². The zero-order valence-electron chi connectivity index (χ0n) is 14.4. The number of pyridine rings is 2. The van der Waals surface area contributed by atoms with Crippen molar-refractivity contribution in [3.05, 3.63) is 72.2 Å². The van der Waals surface area contributed by atoms with Crippen LogP contribution in [-0.4, -0.2) is 34.5 Å². The summed E-state index contributed by atoms with van der Waals surface area (Å²) in [5, 5.41) is 4.69. The summed E-state index contributed by atoms with van der Waals surface area (Å²) in [5.74, 6) is 0.735. The number of rotatable bonds is 6. The highest BCUT2D eigenvalue weighted by atomic mass is 15.1. The van der Waals surface area contributed by atoms with Crippen LogP contribution in [0.5, 0.6) is 0 Å². The summed E-state index contributed by atoms with van der Waals surface area (Å²) in [5.41, 5.74) is 3.68. The van der Waals surface area contributed by atoms with E-state index in [4.69, 9.17) is 0 Å². The highest BCUT2D eigenvalue weighted by molar-refractivity contribution is 5.78. The molecule has 3 heterocycles. The average molecular weight is 332 g/mol. The monoisotopic (exact) mass is 332 g/mol. The summed E-state index contributed by atoms with van der Waals surface area (Å²) < 4.78 is 0. The largest absolute Gasteiger partial charge is 0.316 e. The first-order valence-corrected chi connectivity index (χ1v) is 9.02. The molecule has 1 aromatic carbocycles. The van der Waals surface area contributed by atoms with Gasteiger partial charge in [0, 0.05) is 43.6 Å². The summed E-state index contributed by atoms with van der Waals surface area (Å²) in [6.07, 6.45) is 6.93. The van der Waals surface area contributed by atoms with Crippen molar-refractivity contribution in [2.24, 2.45) is 5.92 Å².